The van der Waals surface area contributed by atoms with Gasteiger partial charge in [-0.3, -0.25) is 0 Å². The van der Waals surface area contributed by atoms with Crippen LogP contribution in [0.4, 0.5) is 0 Å². The van der Waals surface area contributed by atoms with E-state index in [1.54, 1.807) is 84.3 Å². The molecule has 5 rings (SSSR count). The molecule has 9 heteroatoms. The van der Waals surface area contributed by atoms with Gasteiger partial charge in [0.05, 0.1) is 22.4 Å². The van der Waals surface area contributed by atoms with Gasteiger partial charge in [-0.1, -0.05) is 42.8 Å². The largest absolute Gasteiger partial charge is 0.497 e. The predicted molar refractivity (Wildman–Crippen MR) is 137 cm³/mol. The standard InChI is InChI=1S/C15H13NO3S.C11H15NO2S/c1-19-13-8-7-12-9-10-16(15(12)11-13)20(17,18)14-5-3-2-4-6-14;13-15(14,11-7-3-1-4-8-11)12-9-5-2-6-10-12/h2-11H,1H3;1,3-4,7-8H,2,5-6,9-10H2. The van der Waals surface area contributed by atoms with Crippen molar-refractivity contribution in [2.45, 2.75) is 29.1 Å². The Labute approximate surface area is 206 Å². The summed E-state index contributed by atoms with van der Waals surface area (Å²) < 4.78 is 57.5. The highest BCUT2D eigenvalue weighted by Gasteiger charge is 2.25. The van der Waals surface area contributed by atoms with Gasteiger partial charge in [-0.2, -0.15) is 4.31 Å². The van der Waals surface area contributed by atoms with Crippen LogP contribution >= 0.6 is 0 Å². The zero-order valence-electron chi connectivity index (χ0n) is 19.4. The molecule has 1 aromatic heterocycles. The number of rotatable bonds is 5. The maximum absolute atomic E-state index is 12.6. The summed E-state index contributed by atoms with van der Waals surface area (Å²) in [7, 11) is -5.26. The first-order valence-corrected chi connectivity index (χ1v) is 14.2. The second kappa shape index (κ2) is 10.6. The summed E-state index contributed by atoms with van der Waals surface area (Å²) in [4.78, 5) is 0.673. The first kappa shape index (κ1) is 25.0. The third kappa shape index (κ3) is 5.42. The molecule has 0 spiro atoms. The highest BCUT2D eigenvalue weighted by Crippen LogP contribution is 2.25. The molecule has 2 heterocycles. The van der Waals surface area contributed by atoms with E-state index in [1.165, 1.54) is 3.97 Å². The fourth-order valence-electron chi connectivity index (χ4n) is 3.97. The second-order valence-electron chi connectivity index (χ2n) is 8.13. The summed E-state index contributed by atoms with van der Waals surface area (Å²) in [6, 6.07) is 24.2. The molecule has 3 aromatic carbocycles. The van der Waals surface area contributed by atoms with E-state index in [0.29, 0.717) is 29.3 Å². The van der Waals surface area contributed by atoms with E-state index in [1.807, 2.05) is 18.2 Å². The van der Waals surface area contributed by atoms with Crippen LogP contribution in [-0.2, 0) is 20.0 Å². The zero-order chi connectivity index (χ0) is 24.9. The predicted octanol–water partition coefficient (Wildman–Crippen LogP) is 4.75. The number of aromatic nitrogens is 1. The van der Waals surface area contributed by atoms with Crippen molar-refractivity contribution in [2.75, 3.05) is 20.2 Å². The normalized spacial score (nSPS) is 14.8. The van der Waals surface area contributed by atoms with E-state index in [4.69, 9.17) is 4.74 Å². The molecule has 0 aliphatic carbocycles. The molecule has 1 fully saturated rings. The van der Waals surface area contributed by atoms with Gasteiger partial charge in [-0.25, -0.2) is 20.8 Å². The van der Waals surface area contributed by atoms with Crippen molar-refractivity contribution in [2.24, 2.45) is 0 Å². The molecule has 1 aliphatic heterocycles. The van der Waals surface area contributed by atoms with E-state index in [9.17, 15) is 16.8 Å². The smallest absolute Gasteiger partial charge is 0.268 e. The molecule has 1 aliphatic rings. The monoisotopic (exact) mass is 512 g/mol. The highest BCUT2D eigenvalue weighted by molar-refractivity contribution is 7.90. The van der Waals surface area contributed by atoms with Crippen LogP contribution in [0.2, 0.25) is 0 Å². The fraction of sp³-hybridized carbons (Fsp3) is 0.231. The average molecular weight is 513 g/mol. The number of benzene rings is 3. The van der Waals surface area contributed by atoms with Gasteiger partial charge in [0, 0.05) is 30.7 Å². The number of nitrogens with zero attached hydrogens (tertiary/aromatic N) is 2. The first-order valence-electron chi connectivity index (χ1n) is 11.3. The van der Waals surface area contributed by atoms with Gasteiger partial charge in [-0.05, 0) is 55.3 Å². The lowest BCUT2D eigenvalue weighted by molar-refractivity contribution is 0.346. The molecule has 35 heavy (non-hydrogen) atoms. The van der Waals surface area contributed by atoms with Crippen LogP contribution in [0.1, 0.15) is 19.3 Å². The molecule has 0 saturated carbocycles. The number of ether oxygens (including phenoxy) is 1. The minimum atomic E-state index is -3.59. The molecule has 0 atom stereocenters. The van der Waals surface area contributed by atoms with Gasteiger partial charge in [0.15, 0.2) is 0 Å². The maximum atomic E-state index is 12.6. The molecular formula is C26H28N2O5S2. The summed E-state index contributed by atoms with van der Waals surface area (Å²) >= 11 is 0. The number of hydrogen-bond acceptors (Lipinski definition) is 5. The molecule has 0 bridgehead atoms. The van der Waals surface area contributed by atoms with Gasteiger partial charge >= 0.3 is 0 Å². The van der Waals surface area contributed by atoms with E-state index in [2.05, 4.69) is 0 Å². The number of sulfonamides is 1. The van der Waals surface area contributed by atoms with Crippen LogP contribution < -0.4 is 4.74 Å². The second-order valence-corrected chi connectivity index (χ2v) is 11.9. The van der Waals surface area contributed by atoms with Crippen molar-refractivity contribution < 1.29 is 21.6 Å². The Morgan fingerprint density at radius 2 is 1.26 bits per heavy atom. The third-order valence-electron chi connectivity index (χ3n) is 5.86. The molecule has 184 valence electrons. The van der Waals surface area contributed by atoms with Crippen LogP contribution in [0.3, 0.4) is 0 Å². The van der Waals surface area contributed by atoms with Crippen LogP contribution in [-0.4, -0.2) is 45.3 Å². The lowest BCUT2D eigenvalue weighted by Crippen LogP contribution is -2.35. The number of fused-ring (bicyclic) bond motifs is 1. The Balaban J connectivity index is 0.000000172. The fourth-order valence-corrected chi connectivity index (χ4v) is 6.88. The van der Waals surface area contributed by atoms with Crippen LogP contribution in [0.25, 0.3) is 10.9 Å². The molecule has 4 aromatic rings. The van der Waals surface area contributed by atoms with Crippen molar-refractivity contribution in [1.29, 1.82) is 0 Å². The molecule has 0 radical (unpaired) electrons. The van der Waals surface area contributed by atoms with E-state index in [-0.39, 0.29) is 4.90 Å². The lowest BCUT2D eigenvalue weighted by atomic mass is 10.2. The average Bonchev–Trinajstić information content (AvgIpc) is 3.35. The van der Waals surface area contributed by atoms with Gasteiger partial charge in [0.25, 0.3) is 10.0 Å². The summed E-state index contributed by atoms with van der Waals surface area (Å²) in [5.41, 5.74) is 0.605. The van der Waals surface area contributed by atoms with Crippen LogP contribution in [0.5, 0.6) is 5.75 Å². The lowest BCUT2D eigenvalue weighted by Gasteiger charge is -2.25. The number of hydrogen-bond donors (Lipinski definition) is 0. The Morgan fingerprint density at radius 3 is 1.83 bits per heavy atom. The topological polar surface area (TPSA) is 85.7 Å². The SMILES string of the molecule is COc1ccc2ccn(S(=O)(=O)c3ccccc3)c2c1.O=S(=O)(c1ccccc1)N1CCCCC1. The van der Waals surface area contributed by atoms with Crippen molar-refractivity contribution in [3.63, 3.8) is 0 Å². The minimum Gasteiger partial charge on any atom is -0.497 e. The zero-order valence-corrected chi connectivity index (χ0v) is 21.1. The molecule has 0 amide bonds. The van der Waals surface area contributed by atoms with E-state index >= 15 is 0 Å². The molecule has 0 unspecified atom stereocenters. The number of piperidine rings is 1. The highest BCUT2D eigenvalue weighted by atomic mass is 32.2. The van der Waals surface area contributed by atoms with E-state index < -0.39 is 20.0 Å². The molecule has 1 saturated heterocycles. The Kier molecular flexibility index (Phi) is 7.59. The van der Waals surface area contributed by atoms with Crippen molar-refractivity contribution in [3.05, 3.63) is 91.1 Å². The minimum absolute atomic E-state index is 0.264. The Hall–Kier alpha value is -3.14. The Bertz CT molecular complexity index is 1480. The van der Waals surface area contributed by atoms with E-state index in [0.717, 1.165) is 24.6 Å². The van der Waals surface area contributed by atoms with Gasteiger partial charge in [0.2, 0.25) is 10.0 Å². The molecule has 0 N–H and O–H groups in total. The van der Waals surface area contributed by atoms with Crippen molar-refractivity contribution >= 4 is 30.9 Å². The molecule has 7 nitrogen and oxygen atoms in total. The quantitative estimate of drug-likeness (QED) is 0.385. The maximum Gasteiger partial charge on any atom is 0.268 e. The van der Waals surface area contributed by atoms with Crippen molar-refractivity contribution in [3.8, 4) is 5.75 Å². The summed E-state index contributed by atoms with van der Waals surface area (Å²) in [6.45, 7) is 1.33. The molecular weight excluding hydrogens is 484 g/mol. The third-order valence-corrected chi connectivity index (χ3v) is 9.48. The summed E-state index contributed by atoms with van der Waals surface area (Å²) in [5.74, 6) is 0.626. The Morgan fingerprint density at radius 1 is 0.686 bits per heavy atom. The van der Waals surface area contributed by atoms with Gasteiger partial charge < -0.3 is 4.74 Å². The van der Waals surface area contributed by atoms with Gasteiger partial charge in [0.1, 0.15) is 5.75 Å². The first-order chi connectivity index (χ1) is 16.8. The van der Waals surface area contributed by atoms with Crippen molar-refractivity contribution in [1.82, 2.24) is 8.28 Å². The summed E-state index contributed by atoms with van der Waals surface area (Å²) in [6.07, 6.45) is 4.66. The van der Waals surface area contributed by atoms with Crippen LogP contribution in [0, 0.1) is 0 Å². The number of methoxy groups -OCH3 is 1. The summed E-state index contributed by atoms with van der Waals surface area (Å²) in [5, 5.41) is 0.852. The van der Waals surface area contributed by atoms with Crippen LogP contribution in [0.15, 0.2) is 101 Å². The van der Waals surface area contributed by atoms with Gasteiger partial charge in [-0.15, -0.1) is 0 Å².